The molecular formula is C17H17N3O. The van der Waals surface area contributed by atoms with Crippen molar-refractivity contribution in [3.05, 3.63) is 71.2 Å². The fourth-order valence-electron chi connectivity index (χ4n) is 2.28. The van der Waals surface area contributed by atoms with Crippen LogP contribution in [0.5, 0.6) is 0 Å². The number of carbonyl (C=O) groups is 1. The van der Waals surface area contributed by atoms with Crippen molar-refractivity contribution in [1.82, 2.24) is 14.7 Å². The summed E-state index contributed by atoms with van der Waals surface area (Å²) in [6.45, 7) is 4.43. The Morgan fingerprint density at radius 1 is 1.19 bits per heavy atom. The van der Waals surface area contributed by atoms with Gasteiger partial charge in [0.25, 0.3) is 5.91 Å². The van der Waals surface area contributed by atoms with Crippen LogP contribution in [0.1, 0.15) is 27.2 Å². The van der Waals surface area contributed by atoms with Crippen LogP contribution in [-0.4, -0.2) is 15.3 Å². The molecule has 0 unspecified atom stereocenters. The largest absolute Gasteiger partial charge is 0.346 e. The zero-order chi connectivity index (χ0) is 14.8. The van der Waals surface area contributed by atoms with Gasteiger partial charge in [0, 0.05) is 18.0 Å². The van der Waals surface area contributed by atoms with Crippen LogP contribution < -0.4 is 5.32 Å². The predicted octanol–water partition coefficient (Wildman–Crippen LogP) is 2.88. The fraction of sp³-hybridized carbons (Fsp3) is 0.176. The Balaban J connectivity index is 1.72. The number of hydrogen-bond acceptors (Lipinski definition) is 2. The highest BCUT2D eigenvalue weighted by atomic mass is 16.1. The third-order valence-corrected chi connectivity index (χ3v) is 3.38. The molecule has 0 saturated carbocycles. The second kappa shape index (κ2) is 5.40. The molecule has 0 aliphatic carbocycles. The first-order valence-corrected chi connectivity index (χ1v) is 6.91. The predicted molar refractivity (Wildman–Crippen MR) is 82.3 cm³/mol. The smallest absolute Gasteiger partial charge is 0.251 e. The van der Waals surface area contributed by atoms with E-state index in [1.54, 1.807) is 0 Å². The Morgan fingerprint density at radius 2 is 2.00 bits per heavy atom. The molecule has 1 aromatic carbocycles. The zero-order valence-electron chi connectivity index (χ0n) is 12.1. The van der Waals surface area contributed by atoms with Crippen LogP contribution in [-0.2, 0) is 6.54 Å². The number of imidazole rings is 1. The number of fused-ring (bicyclic) bond motifs is 1. The standard InChI is InChI=1S/C17H17N3O/c1-12-4-3-5-14(8-12)17(21)18-10-15-11-20-7-6-13(2)9-16(20)19-15/h3-9,11H,10H2,1-2H3,(H,18,21). The summed E-state index contributed by atoms with van der Waals surface area (Å²) in [6, 6.07) is 11.6. The minimum Gasteiger partial charge on any atom is -0.346 e. The van der Waals surface area contributed by atoms with E-state index in [-0.39, 0.29) is 5.91 Å². The number of aromatic nitrogens is 2. The van der Waals surface area contributed by atoms with Gasteiger partial charge < -0.3 is 9.72 Å². The normalized spacial score (nSPS) is 10.8. The molecule has 4 heteroatoms. The molecule has 0 aliphatic heterocycles. The van der Waals surface area contributed by atoms with Crippen molar-refractivity contribution in [2.75, 3.05) is 0 Å². The summed E-state index contributed by atoms with van der Waals surface area (Å²) in [4.78, 5) is 16.6. The summed E-state index contributed by atoms with van der Waals surface area (Å²) in [5.74, 6) is -0.0769. The first kappa shape index (κ1) is 13.4. The summed E-state index contributed by atoms with van der Waals surface area (Å²) in [7, 11) is 0. The van der Waals surface area contributed by atoms with Crippen molar-refractivity contribution in [3.63, 3.8) is 0 Å². The van der Waals surface area contributed by atoms with Gasteiger partial charge in [-0.1, -0.05) is 17.7 Å². The number of carbonyl (C=O) groups excluding carboxylic acids is 1. The lowest BCUT2D eigenvalue weighted by Gasteiger charge is -2.03. The summed E-state index contributed by atoms with van der Waals surface area (Å²) >= 11 is 0. The van der Waals surface area contributed by atoms with Crippen LogP contribution in [0.2, 0.25) is 0 Å². The Bertz CT molecular complexity index is 805. The molecule has 2 heterocycles. The molecular weight excluding hydrogens is 262 g/mol. The lowest BCUT2D eigenvalue weighted by molar-refractivity contribution is 0.0950. The molecule has 4 nitrogen and oxygen atoms in total. The van der Waals surface area contributed by atoms with Gasteiger partial charge in [-0.3, -0.25) is 4.79 Å². The van der Waals surface area contributed by atoms with Crippen molar-refractivity contribution < 1.29 is 4.79 Å². The first-order valence-electron chi connectivity index (χ1n) is 6.91. The zero-order valence-corrected chi connectivity index (χ0v) is 12.1. The number of pyridine rings is 1. The first-order chi connectivity index (χ1) is 10.1. The highest BCUT2D eigenvalue weighted by Gasteiger charge is 2.07. The minimum atomic E-state index is -0.0769. The van der Waals surface area contributed by atoms with Crippen molar-refractivity contribution in [2.45, 2.75) is 20.4 Å². The maximum atomic E-state index is 12.1. The highest BCUT2D eigenvalue weighted by Crippen LogP contribution is 2.08. The third kappa shape index (κ3) is 2.94. The van der Waals surface area contributed by atoms with Crippen molar-refractivity contribution >= 4 is 11.6 Å². The summed E-state index contributed by atoms with van der Waals surface area (Å²) in [5.41, 5.74) is 4.67. The van der Waals surface area contributed by atoms with Gasteiger partial charge in [-0.05, 0) is 43.7 Å². The number of aryl methyl sites for hydroxylation is 2. The monoisotopic (exact) mass is 279 g/mol. The molecule has 0 fully saturated rings. The molecule has 3 aromatic rings. The molecule has 0 aliphatic rings. The van der Waals surface area contributed by atoms with E-state index in [0.717, 1.165) is 16.9 Å². The molecule has 0 radical (unpaired) electrons. The van der Waals surface area contributed by atoms with E-state index in [0.29, 0.717) is 12.1 Å². The lowest BCUT2D eigenvalue weighted by atomic mass is 10.1. The number of nitrogens with zero attached hydrogens (tertiary/aromatic N) is 2. The lowest BCUT2D eigenvalue weighted by Crippen LogP contribution is -2.22. The SMILES string of the molecule is Cc1cccc(C(=O)NCc2cn3ccc(C)cc3n2)c1. The Labute approximate surface area is 123 Å². The van der Waals surface area contributed by atoms with E-state index >= 15 is 0 Å². The maximum Gasteiger partial charge on any atom is 0.251 e. The maximum absolute atomic E-state index is 12.1. The highest BCUT2D eigenvalue weighted by molar-refractivity contribution is 5.94. The molecule has 0 saturated heterocycles. The Morgan fingerprint density at radius 3 is 2.81 bits per heavy atom. The molecule has 0 bridgehead atoms. The topological polar surface area (TPSA) is 46.4 Å². The molecule has 1 N–H and O–H groups in total. The van der Waals surface area contributed by atoms with Crippen LogP contribution in [0.15, 0.2) is 48.8 Å². The quantitative estimate of drug-likeness (QED) is 0.801. The van der Waals surface area contributed by atoms with E-state index in [2.05, 4.69) is 10.3 Å². The molecule has 2 aromatic heterocycles. The average Bonchev–Trinajstić information content (AvgIpc) is 2.86. The van der Waals surface area contributed by atoms with Gasteiger partial charge in [0.05, 0.1) is 12.2 Å². The van der Waals surface area contributed by atoms with Gasteiger partial charge in [-0.2, -0.15) is 0 Å². The average molecular weight is 279 g/mol. The van der Waals surface area contributed by atoms with E-state index in [1.165, 1.54) is 5.56 Å². The van der Waals surface area contributed by atoms with Gasteiger partial charge >= 0.3 is 0 Å². The van der Waals surface area contributed by atoms with Crippen LogP contribution in [0.3, 0.4) is 0 Å². The van der Waals surface area contributed by atoms with Gasteiger partial charge in [0.15, 0.2) is 0 Å². The summed E-state index contributed by atoms with van der Waals surface area (Å²) in [5, 5.41) is 2.90. The third-order valence-electron chi connectivity index (χ3n) is 3.38. The van der Waals surface area contributed by atoms with Gasteiger partial charge in [0.1, 0.15) is 5.65 Å². The van der Waals surface area contributed by atoms with Crippen molar-refractivity contribution in [1.29, 1.82) is 0 Å². The number of nitrogens with one attached hydrogen (secondary N) is 1. The molecule has 0 spiro atoms. The Kier molecular flexibility index (Phi) is 3.44. The molecule has 1 amide bonds. The summed E-state index contributed by atoms with van der Waals surface area (Å²) in [6.07, 6.45) is 3.91. The number of amides is 1. The van der Waals surface area contributed by atoms with E-state index < -0.39 is 0 Å². The molecule has 3 rings (SSSR count). The molecule has 106 valence electrons. The fourth-order valence-corrected chi connectivity index (χ4v) is 2.28. The summed E-state index contributed by atoms with van der Waals surface area (Å²) < 4.78 is 1.96. The van der Waals surface area contributed by atoms with Gasteiger partial charge in [-0.25, -0.2) is 4.98 Å². The van der Waals surface area contributed by atoms with Gasteiger partial charge in [-0.15, -0.1) is 0 Å². The number of benzene rings is 1. The van der Waals surface area contributed by atoms with Crippen LogP contribution in [0.4, 0.5) is 0 Å². The van der Waals surface area contributed by atoms with E-state index in [9.17, 15) is 4.79 Å². The van der Waals surface area contributed by atoms with Crippen LogP contribution >= 0.6 is 0 Å². The Hall–Kier alpha value is -2.62. The molecule has 0 atom stereocenters. The van der Waals surface area contributed by atoms with E-state index in [1.807, 2.05) is 67.0 Å². The number of hydrogen-bond donors (Lipinski definition) is 1. The van der Waals surface area contributed by atoms with Crippen molar-refractivity contribution in [2.24, 2.45) is 0 Å². The van der Waals surface area contributed by atoms with Crippen molar-refractivity contribution in [3.8, 4) is 0 Å². The van der Waals surface area contributed by atoms with Crippen LogP contribution in [0.25, 0.3) is 5.65 Å². The second-order valence-corrected chi connectivity index (χ2v) is 5.25. The van der Waals surface area contributed by atoms with Crippen LogP contribution in [0, 0.1) is 13.8 Å². The minimum absolute atomic E-state index is 0.0769. The molecule has 21 heavy (non-hydrogen) atoms. The number of rotatable bonds is 3. The van der Waals surface area contributed by atoms with Gasteiger partial charge in [0.2, 0.25) is 0 Å². The van der Waals surface area contributed by atoms with E-state index in [4.69, 9.17) is 0 Å². The second-order valence-electron chi connectivity index (χ2n) is 5.25.